The van der Waals surface area contributed by atoms with Crippen molar-refractivity contribution in [3.05, 3.63) is 34.1 Å². The zero-order valence-corrected chi connectivity index (χ0v) is 12.4. The summed E-state index contributed by atoms with van der Waals surface area (Å²) in [7, 11) is 0. The van der Waals surface area contributed by atoms with Gasteiger partial charge >= 0.3 is 0 Å². The van der Waals surface area contributed by atoms with Crippen molar-refractivity contribution >= 4 is 15.9 Å². The maximum atomic E-state index is 13.8. The van der Waals surface area contributed by atoms with Gasteiger partial charge in [-0.25, -0.2) is 4.39 Å². The molecule has 1 fully saturated rings. The second-order valence-corrected chi connectivity index (χ2v) is 6.30. The van der Waals surface area contributed by atoms with Crippen molar-refractivity contribution in [2.24, 2.45) is 17.6 Å². The smallest absolute Gasteiger partial charge is 0.128 e. The highest BCUT2D eigenvalue weighted by Gasteiger charge is 2.27. The van der Waals surface area contributed by atoms with Gasteiger partial charge in [0.05, 0.1) is 0 Å². The Kier molecular flexibility index (Phi) is 4.79. The van der Waals surface area contributed by atoms with Crippen LogP contribution in [0.15, 0.2) is 22.7 Å². The third-order valence-corrected chi connectivity index (χ3v) is 4.79. The minimum absolute atomic E-state index is 0.166. The molecule has 0 aromatic heterocycles. The number of hydrogen-bond donors (Lipinski definition) is 1. The topological polar surface area (TPSA) is 26.0 Å². The van der Waals surface area contributed by atoms with E-state index in [9.17, 15) is 4.39 Å². The zero-order valence-electron chi connectivity index (χ0n) is 10.8. The molecule has 3 heteroatoms. The van der Waals surface area contributed by atoms with Crippen LogP contribution in [-0.4, -0.2) is 0 Å². The lowest BCUT2D eigenvalue weighted by Gasteiger charge is -2.32. The lowest BCUT2D eigenvalue weighted by molar-refractivity contribution is 0.237. The predicted molar refractivity (Wildman–Crippen MR) is 76.8 cm³/mol. The van der Waals surface area contributed by atoms with E-state index < -0.39 is 0 Å². The first-order chi connectivity index (χ1) is 8.61. The summed E-state index contributed by atoms with van der Waals surface area (Å²) in [5.74, 6) is 1.10. The molecule has 0 saturated heterocycles. The van der Waals surface area contributed by atoms with Gasteiger partial charge in [-0.2, -0.15) is 0 Å². The Bertz CT molecular complexity index is 399. The van der Waals surface area contributed by atoms with Crippen molar-refractivity contribution in [1.82, 2.24) is 0 Å². The molecule has 0 amide bonds. The van der Waals surface area contributed by atoms with Gasteiger partial charge in [0.15, 0.2) is 0 Å². The minimum Gasteiger partial charge on any atom is -0.324 e. The summed E-state index contributed by atoms with van der Waals surface area (Å²) in [5.41, 5.74) is 6.92. The van der Waals surface area contributed by atoms with E-state index in [1.807, 2.05) is 6.07 Å². The molecule has 1 aliphatic rings. The lowest BCUT2D eigenvalue weighted by Crippen LogP contribution is -2.26. The van der Waals surface area contributed by atoms with Gasteiger partial charge in [-0.1, -0.05) is 42.1 Å². The van der Waals surface area contributed by atoms with Gasteiger partial charge in [0, 0.05) is 16.1 Å². The molecule has 18 heavy (non-hydrogen) atoms. The van der Waals surface area contributed by atoms with Gasteiger partial charge in [-0.05, 0) is 42.9 Å². The van der Waals surface area contributed by atoms with Crippen LogP contribution in [0.5, 0.6) is 0 Å². The van der Waals surface area contributed by atoms with Crippen LogP contribution in [0.4, 0.5) is 4.39 Å². The minimum atomic E-state index is -0.177. The summed E-state index contributed by atoms with van der Waals surface area (Å²) in [6.45, 7) is 2.25. The maximum absolute atomic E-state index is 13.8. The van der Waals surface area contributed by atoms with Crippen LogP contribution in [0, 0.1) is 17.7 Å². The SMILES string of the molecule is CCC1CCC(C(N)c2cc(Br)ccc2F)CC1. The fourth-order valence-corrected chi connectivity index (χ4v) is 3.36. The van der Waals surface area contributed by atoms with Crippen molar-refractivity contribution in [3.63, 3.8) is 0 Å². The summed E-state index contributed by atoms with van der Waals surface area (Å²) in [6, 6.07) is 4.88. The molecular formula is C15H21BrFN. The third-order valence-electron chi connectivity index (χ3n) is 4.29. The molecule has 0 bridgehead atoms. The first-order valence-corrected chi connectivity index (χ1v) is 7.61. The summed E-state index contributed by atoms with van der Waals surface area (Å²) in [6.07, 6.45) is 6.00. The predicted octanol–water partition coefficient (Wildman–Crippen LogP) is 4.80. The molecule has 1 aliphatic carbocycles. The van der Waals surface area contributed by atoms with Crippen molar-refractivity contribution < 1.29 is 4.39 Å². The average Bonchev–Trinajstić information content (AvgIpc) is 2.41. The highest BCUT2D eigenvalue weighted by atomic mass is 79.9. The second-order valence-electron chi connectivity index (χ2n) is 5.38. The number of hydrogen-bond acceptors (Lipinski definition) is 1. The zero-order chi connectivity index (χ0) is 13.1. The number of halogens is 2. The van der Waals surface area contributed by atoms with Gasteiger partial charge in [0.1, 0.15) is 5.82 Å². The number of benzene rings is 1. The van der Waals surface area contributed by atoms with Crippen LogP contribution in [0.1, 0.15) is 50.6 Å². The molecule has 2 rings (SSSR count). The van der Waals surface area contributed by atoms with E-state index in [0.717, 1.165) is 23.2 Å². The summed E-state index contributed by atoms with van der Waals surface area (Å²) in [4.78, 5) is 0. The molecule has 1 nitrogen and oxygen atoms in total. The average molecular weight is 314 g/mol. The van der Waals surface area contributed by atoms with E-state index in [2.05, 4.69) is 22.9 Å². The van der Waals surface area contributed by atoms with Crippen molar-refractivity contribution in [2.75, 3.05) is 0 Å². The molecular weight excluding hydrogens is 293 g/mol. The van der Waals surface area contributed by atoms with Crippen LogP contribution in [0.25, 0.3) is 0 Å². The molecule has 0 heterocycles. The molecule has 0 spiro atoms. The van der Waals surface area contributed by atoms with Gasteiger partial charge in [-0.15, -0.1) is 0 Å². The van der Waals surface area contributed by atoms with Crippen LogP contribution in [0.3, 0.4) is 0 Å². The summed E-state index contributed by atoms with van der Waals surface area (Å²) >= 11 is 3.39. The monoisotopic (exact) mass is 313 g/mol. The standard InChI is InChI=1S/C15H21BrFN/c1-2-10-3-5-11(6-4-10)15(18)13-9-12(16)7-8-14(13)17/h7-11,15H,2-6,18H2,1H3. The maximum Gasteiger partial charge on any atom is 0.128 e. The molecule has 0 aliphatic heterocycles. The molecule has 1 saturated carbocycles. The Morgan fingerprint density at radius 2 is 2.00 bits per heavy atom. The molecule has 1 aromatic carbocycles. The fraction of sp³-hybridized carbons (Fsp3) is 0.600. The number of rotatable bonds is 3. The second kappa shape index (κ2) is 6.16. The molecule has 1 unspecified atom stereocenters. The highest BCUT2D eigenvalue weighted by Crippen LogP contribution is 2.37. The van der Waals surface area contributed by atoms with E-state index in [1.54, 1.807) is 6.07 Å². The Hall–Kier alpha value is -0.410. The Balaban J connectivity index is 2.07. The van der Waals surface area contributed by atoms with Gasteiger partial charge in [-0.3, -0.25) is 0 Å². The van der Waals surface area contributed by atoms with E-state index >= 15 is 0 Å². The van der Waals surface area contributed by atoms with E-state index in [1.165, 1.54) is 25.3 Å². The Labute approximate surface area is 117 Å². The van der Waals surface area contributed by atoms with Crippen molar-refractivity contribution in [3.8, 4) is 0 Å². The Morgan fingerprint density at radius 3 is 2.61 bits per heavy atom. The van der Waals surface area contributed by atoms with E-state index in [-0.39, 0.29) is 11.9 Å². The molecule has 1 atom stereocenters. The van der Waals surface area contributed by atoms with Gasteiger partial charge < -0.3 is 5.73 Å². The fourth-order valence-electron chi connectivity index (χ4n) is 2.98. The first-order valence-electron chi connectivity index (χ1n) is 6.82. The largest absolute Gasteiger partial charge is 0.324 e. The molecule has 2 N–H and O–H groups in total. The molecule has 100 valence electrons. The number of nitrogens with two attached hydrogens (primary N) is 1. The van der Waals surface area contributed by atoms with Crippen LogP contribution in [0.2, 0.25) is 0 Å². The molecule has 0 radical (unpaired) electrons. The van der Waals surface area contributed by atoms with Gasteiger partial charge in [0.2, 0.25) is 0 Å². The normalized spacial score (nSPS) is 26.0. The lowest BCUT2D eigenvalue weighted by atomic mass is 9.76. The van der Waals surface area contributed by atoms with Crippen LogP contribution >= 0.6 is 15.9 Å². The van der Waals surface area contributed by atoms with Gasteiger partial charge in [0.25, 0.3) is 0 Å². The summed E-state index contributed by atoms with van der Waals surface area (Å²) in [5, 5.41) is 0. The highest BCUT2D eigenvalue weighted by molar-refractivity contribution is 9.10. The van der Waals surface area contributed by atoms with E-state index in [0.29, 0.717) is 11.5 Å². The van der Waals surface area contributed by atoms with Crippen LogP contribution < -0.4 is 5.73 Å². The van der Waals surface area contributed by atoms with E-state index in [4.69, 9.17) is 5.73 Å². The molecule has 1 aromatic rings. The van der Waals surface area contributed by atoms with Crippen molar-refractivity contribution in [2.45, 2.75) is 45.1 Å². The summed E-state index contributed by atoms with van der Waals surface area (Å²) < 4.78 is 14.7. The quantitative estimate of drug-likeness (QED) is 0.852. The third kappa shape index (κ3) is 3.12. The Morgan fingerprint density at radius 1 is 1.33 bits per heavy atom. The van der Waals surface area contributed by atoms with Crippen LogP contribution in [-0.2, 0) is 0 Å². The van der Waals surface area contributed by atoms with Crippen molar-refractivity contribution in [1.29, 1.82) is 0 Å². The first kappa shape index (κ1) is 14.0.